The fourth-order valence-corrected chi connectivity index (χ4v) is 3.84. The van der Waals surface area contributed by atoms with Crippen molar-refractivity contribution in [3.8, 4) is 17.6 Å². The number of ether oxygens (including phenoxy) is 1. The van der Waals surface area contributed by atoms with Gasteiger partial charge in [0.15, 0.2) is 9.84 Å². The zero-order valence-electron chi connectivity index (χ0n) is 13.3. The Labute approximate surface area is 147 Å². The molecule has 2 aromatic carbocycles. The normalized spacial score (nSPS) is 18.2. The van der Waals surface area contributed by atoms with Crippen LogP contribution in [-0.2, 0) is 16.3 Å². The Morgan fingerprint density at radius 1 is 1.31 bits per heavy atom. The minimum atomic E-state index is -3.81. The summed E-state index contributed by atoms with van der Waals surface area (Å²) in [6.45, 7) is 0. The Hall–Kier alpha value is -2.57. The van der Waals surface area contributed by atoms with Gasteiger partial charge < -0.3 is 9.84 Å². The summed E-state index contributed by atoms with van der Waals surface area (Å²) < 4.78 is 70.6. The smallest absolute Gasteiger partial charge is 0.281 e. The molecule has 0 heterocycles. The number of alkyl halides is 2. The number of sulfone groups is 1. The van der Waals surface area contributed by atoms with Gasteiger partial charge in [0.2, 0.25) is 0 Å². The van der Waals surface area contributed by atoms with E-state index in [1.54, 1.807) is 6.07 Å². The number of nitrogens with zero attached hydrogens (tertiary/aromatic N) is 1. The van der Waals surface area contributed by atoms with E-state index in [0.717, 1.165) is 30.5 Å². The highest BCUT2D eigenvalue weighted by atomic mass is 32.2. The van der Waals surface area contributed by atoms with Crippen molar-refractivity contribution >= 4 is 9.84 Å². The number of benzene rings is 2. The zero-order chi connectivity index (χ0) is 19.3. The molecule has 0 aromatic heterocycles. The lowest BCUT2D eigenvalue weighted by molar-refractivity contribution is -0.0973. The number of aliphatic hydroxyl groups excluding tert-OH is 1. The summed E-state index contributed by atoms with van der Waals surface area (Å²) in [5.74, 6) is -4.71. The molecule has 0 aliphatic heterocycles. The highest BCUT2D eigenvalue weighted by Crippen LogP contribution is 2.49. The van der Waals surface area contributed by atoms with Crippen molar-refractivity contribution in [3.05, 3.63) is 52.8 Å². The van der Waals surface area contributed by atoms with Gasteiger partial charge in [-0.05, 0) is 29.8 Å². The van der Waals surface area contributed by atoms with Crippen LogP contribution in [0.15, 0.2) is 35.2 Å². The molecule has 1 N–H and O–H groups in total. The molecule has 1 atom stereocenters. The molecular formula is C17H12F3NO4S. The summed E-state index contributed by atoms with van der Waals surface area (Å²) in [6, 6.07) is 7.05. The Balaban J connectivity index is 2.15. The molecule has 0 fully saturated rings. The first-order valence-electron chi connectivity index (χ1n) is 7.33. The second-order valence-corrected chi connectivity index (χ2v) is 7.94. The van der Waals surface area contributed by atoms with Crippen molar-refractivity contribution in [2.75, 3.05) is 6.26 Å². The molecule has 0 saturated heterocycles. The van der Waals surface area contributed by atoms with Crippen molar-refractivity contribution in [1.29, 1.82) is 5.26 Å². The number of aliphatic hydroxyl groups is 1. The fourth-order valence-electron chi connectivity index (χ4n) is 2.90. The molecule has 26 heavy (non-hydrogen) atoms. The Bertz CT molecular complexity index is 1040. The lowest BCUT2D eigenvalue weighted by Gasteiger charge is -2.16. The summed E-state index contributed by atoms with van der Waals surface area (Å²) in [5, 5.41) is 18.8. The summed E-state index contributed by atoms with van der Waals surface area (Å²) in [4.78, 5) is -0.326. The van der Waals surface area contributed by atoms with Gasteiger partial charge in [-0.1, -0.05) is 0 Å². The second-order valence-electron chi connectivity index (χ2n) is 5.96. The van der Waals surface area contributed by atoms with Gasteiger partial charge in [-0.3, -0.25) is 0 Å². The van der Waals surface area contributed by atoms with Crippen LogP contribution in [0.3, 0.4) is 0 Å². The van der Waals surface area contributed by atoms with Gasteiger partial charge in [-0.2, -0.15) is 5.26 Å². The number of hydrogen-bond donors (Lipinski definition) is 1. The van der Waals surface area contributed by atoms with E-state index in [1.165, 1.54) is 6.07 Å². The number of halogens is 3. The lowest BCUT2D eigenvalue weighted by atomic mass is 10.1. The molecule has 0 bridgehead atoms. The molecule has 3 rings (SSSR count). The first-order chi connectivity index (χ1) is 12.0. The van der Waals surface area contributed by atoms with E-state index in [-0.39, 0.29) is 33.1 Å². The van der Waals surface area contributed by atoms with Crippen molar-refractivity contribution in [2.24, 2.45) is 0 Å². The molecule has 136 valence electrons. The van der Waals surface area contributed by atoms with Crippen molar-refractivity contribution in [3.63, 3.8) is 0 Å². The topological polar surface area (TPSA) is 87.4 Å². The van der Waals surface area contributed by atoms with Crippen molar-refractivity contribution < 1.29 is 31.4 Å². The van der Waals surface area contributed by atoms with Crippen LogP contribution in [0, 0.1) is 17.1 Å². The summed E-state index contributed by atoms with van der Waals surface area (Å²) in [5.41, 5.74) is -0.643. The monoisotopic (exact) mass is 383 g/mol. The minimum absolute atomic E-state index is 0.0460. The molecule has 0 amide bonds. The standard InChI is InChI=1S/C17H12F3NO4S/c1-26(23,24)14-3-2-13(15-12(14)7-17(19,20)16(15)22)25-11-5-9(8-21)4-10(18)6-11/h2-6,16,22H,7H2,1H3. The average molecular weight is 383 g/mol. The van der Waals surface area contributed by atoms with Gasteiger partial charge in [0, 0.05) is 24.3 Å². The average Bonchev–Trinajstić information content (AvgIpc) is 2.76. The quantitative estimate of drug-likeness (QED) is 0.880. The Morgan fingerprint density at radius 3 is 2.62 bits per heavy atom. The predicted molar refractivity (Wildman–Crippen MR) is 84.4 cm³/mol. The SMILES string of the molecule is CS(=O)(=O)c1ccc(Oc2cc(F)cc(C#N)c2)c2c1CC(F)(F)C2O. The second kappa shape index (κ2) is 6.00. The number of rotatable bonds is 3. The van der Waals surface area contributed by atoms with Gasteiger partial charge >= 0.3 is 0 Å². The molecule has 0 radical (unpaired) electrons. The van der Waals surface area contributed by atoms with Crippen LogP contribution >= 0.6 is 0 Å². The molecule has 1 aliphatic rings. The number of nitriles is 1. The highest BCUT2D eigenvalue weighted by molar-refractivity contribution is 7.90. The van der Waals surface area contributed by atoms with Gasteiger partial charge in [0.05, 0.1) is 16.5 Å². The molecule has 5 nitrogen and oxygen atoms in total. The minimum Gasteiger partial charge on any atom is -0.457 e. The molecule has 0 saturated carbocycles. The third-order valence-electron chi connectivity index (χ3n) is 3.99. The van der Waals surface area contributed by atoms with Crippen LogP contribution in [-0.4, -0.2) is 25.7 Å². The molecule has 1 unspecified atom stereocenters. The lowest BCUT2D eigenvalue weighted by Crippen LogP contribution is -2.21. The summed E-state index contributed by atoms with van der Waals surface area (Å²) in [6.07, 6.45) is -2.36. The first kappa shape index (κ1) is 18.2. The van der Waals surface area contributed by atoms with Crippen LogP contribution in [0.2, 0.25) is 0 Å². The summed E-state index contributed by atoms with van der Waals surface area (Å²) in [7, 11) is -3.81. The number of hydrogen-bond acceptors (Lipinski definition) is 5. The Morgan fingerprint density at radius 2 is 2.00 bits per heavy atom. The molecule has 1 aliphatic carbocycles. The van der Waals surface area contributed by atoms with Crippen LogP contribution in [0.4, 0.5) is 13.2 Å². The third kappa shape index (κ3) is 3.13. The van der Waals surface area contributed by atoms with E-state index >= 15 is 0 Å². The first-order valence-corrected chi connectivity index (χ1v) is 9.22. The van der Waals surface area contributed by atoms with Crippen LogP contribution in [0.1, 0.15) is 22.8 Å². The molecular weight excluding hydrogens is 371 g/mol. The maximum Gasteiger partial charge on any atom is 0.281 e. The van der Waals surface area contributed by atoms with Crippen molar-refractivity contribution in [1.82, 2.24) is 0 Å². The zero-order valence-corrected chi connectivity index (χ0v) is 14.1. The molecule has 0 spiro atoms. The van der Waals surface area contributed by atoms with Gasteiger partial charge in [-0.15, -0.1) is 0 Å². The molecule has 9 heteroatoms. The van der Waals surface area contributed by atoms with Crippen LogP contribution < -0.4 is 4.74 Å². The van der Waals surface area contributed by atoms with Crippen LogP contribution in [0.5, 0.6) is 11.5 Å². The van der Waals surface area contributed by atoms with E-state index < -0.39 is 34.1 Å². The van der Waals surface area contributed by atoms with E-state index in [2.05, 4.69) is 0 Å². The van der Waals surface area contributed by atoms with Gasteiger partial charge in [-0.25, -0.2) is 21.6 Å². The highest BCUT2D eigenvalue weighted by Gasteiger charge is 2.50. The number of fused-ring (bicyclic) bond motifs is 1. The van der Waals surface area contributed by atoms with Gasteiger partial charge in [0.25, 0.3) is 5.92 Å². The maximum atomic E-state index is 14.0. The van der Waals surface area contributed by atoms with Gasteiger partial charge in [0.1, 0.15) is 23.4 Å². The maximum absolute atomic E-state index is 14.0. The molecule has 2 aromatic rings. The van der Waals surface area contributed by atoms with E-state index in [1.807, 2.05) is 0 Å². The van der Waals surface area contributed by atoms with Crippen LogP contribution in [0.25, 0.3) is 0 Å². The van der Waals surface area contributed by atoms with E-state index in [9.17, 15) is 26.7 Å². The van der Waals surface area contributed by atoms with Crippen molar-refractivity contribution in [2.45, 2.75) is 23.3 Å². The largest absolute Gasteiger partial charge is 0.457 e. The fraction of sp³-hybridized carbons (Fsp3) is 0.235. The third-order valence-corrected chi connectivity index (χ3v) is 5.17. The predicted octanol–water partition coefficient (Wildman–Crippen LogP) is 3.12. The summed E-state index contributed by atoms with van der Waals surface area (Å²) >= 11 is 0. The van der Waals surface area contributed by atoms with E-state index in [4.69, 9.17) is 10.00 Å². The Kier molecular flexibility index (Phi) is 4.21. The van der Waals surface area contributed by atoms with E-state index in [0.29, 0.717) is 0 Å².